The van der Waals surface area contributed by atoms with E-state index in [0.717, 1.165) is 26.2 Å². The van der Waals surface area contributed by atoms with Gasteiger partial charge in [0.25, 0.3) is 0 Å². The van der Waals surface area contributed by atoms with Gasteiger partial charge >= 0.3 is 19.8 Å². The fourth-order valence-electron chi connectivity index (χ4n) is 3.23. The molecule has 0 bridgehead atoms. The fraction of sp³-hybridized carbons (Fsp3) is 0.870. The minimum atomic E-state index is -4.69. The number of hydrogen-bond donors (Lipinski definition) is 4. The summed E-state index contributed by atoms with van der Waals surface area (Å²) in [5.41, 5.74) is 0. The summed E-state index contributed by atoms with van der Waals surface area (Å²) in [4.78, 5) is 43.2. The lowest BCUT2D eigenvalue weighted by atomic mass is 10.0. The molecule has 0 heterocycles. The van der Waals surface area contributed by atoms with E-state index in [1.54, 1.807) is 0 Å². The number of carboxylic acid groups (broad SMARTS) is 1. The second-order valence-corrected chi connectivity index (χ2v) is 10.1. The molecule has 0 fully saturated rings. The molecule has 0 saturated heterocycles. The molecule has 0 aliphatic carbocycles. The SMILES string of the molecule is CCCCCCCCCCCCCCC(=O)OCC(O)COP(=O)(O)OCC(NC(C)=O)C(=O)O. The number of nitrogens with one attached hydrogen (secondary N) is 1. The van der Waals surface area contributed by atoms with Crippen LogP contribution in [0.3, 0.4) is 0 Å². The highest BCUT2D eigenvalue weighted by Crippen LogP contribution is 2.43. The van der Waals surface area contributed by atoms with Crippen LogP contribution in [-0.2, 0) is 32.7 Å². The molecule has 0 aromatic heterocycles. The first kappa shape index (κ1) is 33.5. The average molecular weight is 526 g/mol. The summed E-state index contributed by atoms with van der Waals surface area (Å²) >= 11 is 0. The number of aliphatic hydroxyl groups is 1. The molecule has 206 valence electrons. The number of carbonyl (C=O) groups is 3. The highest BCUT2D eigenvalue weighted by molar-refractivity contribution is 7.47. The van der Waals surface area contributed by atoms with Crippen LogP contribution >= 0.6 is 7.82 Å². The number of carbonyl (C=O) groups excluding carboxylic acids is 2. The third-order valence-corrected chi connectivity index (χ3v) is 6.13. The molecule has 11 nitrogen and oxygen atoms in total. The lowest BCUT2D eigenvalue weighted by Gasteiger charge is -2.18. The van der Waals surface area contributed by atoms with Gasteiger partial charge in [0.05, 0.1) is 13.2 Å². The quantitative estimate of drug-likeness (QED) is 0.0876. The third kappa shape index (κ3) is 21.5. The van der Waals surface area contributed by atoms with E-state index in [1.165, 1.54) is 51.4 Å². The van der Waals surface area contributed by atoms with E-state index in [9.17, 15) is 28.9 Å². The van der Waals surface area contributed by atoms with Crippen LogP contribution in [0.1, 0.15) is 97.3 Å². The Bertz CT molecular complexity index is 646. The Balaban J connectivity index is 3.81. The fourth-order valence-corrected chi connectivity index (χ4v) is 4.00. The Kier molecular flexibility index (Phi) is 19.8. The molecule has 35 heavy (non-hydrogen) atoms. The number of hydrogen-bond acceptors (Lipinski definition) is 8. The van der Waals surface area contributed by atoms with E-state index >= 15 is 0 Å². The smallest absolute Gasteiger partial charge is 0.472 e. The lowest BCUT2D eigenvalue weighted by Crippen LogP contribution is -2.42. The van der Waals surface area contributed by atoms with E-state index in [0.29, 0.717) is 6.42 Å². The van der Waals surface area contributed by atoms with Gasteiger partial charge in [-0.15, -0.1) is 0 Å². The van der Waals surface area contributed by atoms with Gasteiger partial charge in [-0.05, 0) is 6.42 Å². The molecule has 12 heteroatoms. The van der Waals surface area contributed by atoms with E-state index in [4.69, 9.17) is 9.84 Å². The largest absolute Gasteiger partial charge is 0.480 e. The van der Waals surface area contributed by atoms with Crippen LogP contribution in [0.15, 0.2) is 0 Å². The first-order valence-corrected chi connectivity index (χ1v) is 14.0. The topological polar surface area (TPSA) is 169 Å². The highest BCUT2D eigenvalue weighted by Gasteiger charge is 2.28. The van der Waals surface area contributed by atoms with Gasteiger partial charge in [0.2, 0.25) is 5.91 Å². The summed E-state index contributed by atoms with van der Waals surface area (Å²) in [6.45, 7) is 1.40. The van der Waals surface area contributed by atoms with Gasteiger partial charge in [-0.3, -0.25) is 18.6 Å². The maximum absolute atomic E-state index is 11.8. The zero-order valence-electron chi connectivity index (χ0n) is 21.1. The molecule has 4 N–H and O–H groups in total. The first-order chi connectivity index (χ1) is 16.6. The second kappa shape index (κ2) is 20.7. The molecule has 0 aromatic rings. The Labute approximate surface area is 208 Å². The van der Waals surface area contributed by atoms with Crippen molar-refractivity contribution in [2.75, 3.05) is 19.8 Å². The van der Waals surface area contributed by atoms with Gasteiger partial charge in [0, 0.05) is 13.3 Å². The first-order valence-electron chi connectivity index (χ1n) is 12.5. The van der Waals surface area contributed by atoms with Crippen LogP contribution in [0.4, 0.5) is 0 Å². The van der Waals surface area contributed by atoms with Crippen molar-refractivity contribution in [3.8, 4) is 0 Å². The second-order valence-electron chi connectivity index (χ2n) is 8.63. The monoisotopic (exact) mass is 525 g/mol. The molecule has 0 aromatic carbocycles. The number of phosphoric acid groups is 1. The third-order valence-electron chi connectivity index (χ3n) is 5.18. The van der Waals surface area contributed by atoms with E-state index in [2.05, 4.69) is 16.0 Å². The summed E-state index contributed by atoms with van der Waals surface area (Å²) in [7, 11) is -4.69. The van der Waals surface area contributed by atoms with Gasteiger partial charge < -0.3 is 25.2 Å². The van der Waals surface area contributed by atoms with Crippen molar-refractivity contribution >= 4 is 25.7 Å². The number of unbranched alkanes of at least 4 members (excludes halogenated alkanes) is 11. The number of amides is 1. The van der Waals surface area contributed by atoms with Gasteiger partial charge in [-0.25, -0.2) is 9.36 Å². The number of esters is 1. The zero-order valence-corrected chi connectivity index (χ0v) is 22.0. The Hall–Kier alpha value is -1.52. The van der Waals surface area contributed by atoms with Crippen LogP contribution in [0, 0.1) is 0 Å². The van der Waals surface area contributed by atoms with E-state index in [1.807, 2.05) is 5.32 Å². The molecule has 0 saturated carbocycles. The highest BCUT2D eigenvalue weighted by atomic mass is 31.2. The van der Waals surface area contributed by atoms with Crippen LogP contribution in [-0.4, -0.2) is 64.9 Å². The van der Waals surface area contributed by atoms with Crippen LogP contribution in [0.5, 0.6) is 0 Å². The number of carboxylic acids is 1. The summed E-state index contributed by atoms with van der Waals surface area (Å²) < 4.78 is 25.8. The summed E-state index contributed by atoms with van der Waals surface area (Å²) in [5.74, 6) is -2.59. The Morgan fingerprint density at radius 1 is 0.829 bits per heavy atom. The molecule has 0 radical (unpaired) electrons. The standard InChI is InChI=1S/C23H44NO10P/c1-3-4-5-6-7-8-9-10-11-12-13-14-15-22(27)32-16-20(26)17-33-35(30,31)34-18-21(23(28)29)24-19(2)25/h20-21,26H,3-18H2,1-2H3,(H,24,25)(H,28,29)(H,30,31). The zero-order chi connectivity index (χ0) is 26.5. The van der Waals surface area contributed by atoms with Crippen molar-refractivity contribution in [1.29, 1.82) is 0 Å². The minimum absolute atomic E-state index is 0.229. The molecular formula is C23H44NO10P. The van der Waals surface area contributed by atoms with Gasteiger partial charge in [0.1, 0.15) is 12.7 Å². The van der Waals surface area contributed by atoms with E-state index < -0.39 is 57.6 Å². The molecule has 0 rings (SSSR count). The Morgan fingerprint density at radius 3 is 1.80 bits per heavy atom. The molecule has 3 atom stereocenters. The van der Waals surface area contributed by atoms with Crippen molar-refractivity contribution < 1.29 is 47.8 Å². The Morgan fingerprint density at radius 2 is 1.31 bits per heavy atom. The lowest BCUT2D eigenvalue weighted by molar-refractivity contribution is -0.147. The minimum Gasteiger partial charge on any atom is -0.480 e. The molecule has 0 aliphatic rings. The summed E-state index contributed by atoms with van der Waals surface area (Å²) in [5, 5.41) is 20.7. The van der Waals surface area contributed by atoms with Crippen molar-refractivity contribution in [2.24, 2.45) is 0 Å². The van der Waals surface area contributed by atoms with Gasteiger partial charge in [-0.1, -0.05) is 77.6 Å². The van der Waals surface area contributed by atoms with E-state index in [-0.39, 0.29) is 6.42 Å². The molecular weight excluding hydrogens is 481 g/mol. The molecule has 3 unspecified atom stereocenters. The maximum atomic E-state index is 11.8. The summed E-state index contributed by atoms with van der Waals surface area (Å²) in [6.07, 6.45) is 13.1. The number of aliphatic carboxylic acids is 1. The normalized spacial score (nSPS) is 14.6. The van der Waals surface area contributed by atoms with Crippen molar-refractivity contribution in [2.45, 2.75) is 109 Å². The number of ether oxygens (including phenoxy) is 1. The van der Waals surface area contributed by atoms with Crippen LogP contribution in [0.25, 0.3) is 0 Å². The average Bonchev–Trinajstić information content (AvgIpc) is 2.79. The molecule has 1 amide bonds. The van der Waals surface area contributed by atoms with Crippen molar-refractivity contribution in [3.05, 3.63) is 0 Å². The van der Waals surface area contributed by atoms with Gasteiger partial charge in [-0.2, -0.15) is 0 Å². The predicted octanol–water partition coefficient (Wildman–Crippen LogP) is 3.70. The maximum Gasteiger partial charge on any atom is 0.472 e. The number of aliphatic hydroxyl groups excluding tert-OH is 1. The summed E-state index contributed by atoms with van der Waals surface area (Å²) in [6, 6.07) is -1.54. The number of rotatable bonds is 23. The van der Waals surface area contributed by atoms with Crippen LogP contribution in [0.2, 0.25) is 0 Å². The molecule has 0 aliphatic heterocycles. The number of phosphoric ester groups is 1. The van der Waals surface area contributed by atoms with Crippen LogP contribution < -0.4 is 5.32 Å². The van der Waals surface area contributed by atoms with Gasteiger partial charge in [0.15, 0.2) is 6.04 Å². The predicted molar refractivity (Wildman–Crippen MR) is 130 cm³/mol. The molecule has 0 spiro atoms. The van der Waals surface area contributed by atoms with Crippen molar-refractivity contribution in [3.63, 3.8) is 0 Å². The van der Waals surface area contributed by atoms with Crippen molar-refractivity contribution in [1.82, 2.24) is 5.32 Å².